The number of hydrogen-bond acceptors (Lipinski definition) is 6. The number of aliphatic imine (C=N–C) groups is 1. The smallest absolute Gasteiger partial charge is 0.363 e. The lowest BCUT2D eigenvalue weighted by Gasteiger charge is -2.13. The summed E-state index contributed by atoms with van der Waals surface area (Å²) in [4.78, 5) is 16.4. The summed E-state index contributed by atoms with van der Waals surface area (Å²) in [5.74, 6) is 0.894. The second-order valence-corrected chi connectivity index (χ2v) is 5.68. The van der Waals surface area contributed by atoms with Crippen LogP contribution in [0.4, 0.5) is 0 Å². The summed E-state index contributed by atoms with van der Waals surface area (Å²) >= 11 is 6.12. The standard InChI is InChI=1S/C19H16ClNO5/c1-23-15-9-12(10-16(24-2)17(15)25-3)18-21-14(19(22)26-18)8-11-6-4-5-7-13(11)20/h4-10H,1-3H3/b14-8+. The monoisotopic (exact) mass is 373 g/mol. The van der Waals surface area contributed by atoms with Gasteiger partial charge in [0.25, 0.3) is 0 Å². The molecule has 0 saturated heterocycles. The largest absolute Gasteiger partial charge is 0.493 e. The molecule has 26 heavy (non-hydrogen) atoms. The Hall–Kier alpha value is -2.99. The average Bonchev–Trinajstić information content (AvgIpc) is 3.02. The van der Waals surface area contributed by atoms with Crippen molar-refractivity contribution in [3.05, 3.63) is 58.2 Å². The number of carbonyl (C=O) groups is 1. The van der Waals surface area contributed by atoms with Crippen LogP contribution in [0.3, 0.4) is 0 Å². The maximum absolute atomic E-state index is 12.2. The molecule has 1 aliphatic heterocycles. The van der Waals surface area contributed by atoms with Crippen LogP contribution in [0.2, 0.25) is 5.02 Å². The zero-order chi connectivity index (χ0) is 18.7. The molecule has 0 unspecified atom stereocenters. The van der Waals surface area contributed by atoms with E-state index in [0.717, 1.165) is 0 Å². The van der Waals surface area contributed by atoms with E-state index in [0.29, 0.717) is 33.4 Å². The normalized spacial score (nSPS) is 14.8. The van der Waals surface area contributed by atoms with Crippen LogP contribution in [-0.2, 0) is 9.53 Å². The van der Waals surface area contributed by atoms with Gasteiger partial charge >= 0.3 is 5.97 Å². The Balaban J connectivity index is 2.03. The Kier molecular flexibility index (Phi) is 5.14. The predicted molar refractivity (Wildman–Crippen MR) is 98.2 cm³/mol. The zero-order valence-corrected chi connectivity index (χ0v) is 15.2. The number of hydrogen-bond donors (Lipinski definition) is 0. The molecule has 7 heteroatoms. The lowest BCUT2D eigenvalue weighted by Crippen LogP contribution is -2.06. The third kappa shape index (κ3) is 3.36. The quantitative estimate of drug-likeness (QED) is 0.590. The van der Waals surface area contributed by atoms with E-state index in [2.05, 4.69) is 4.99 Å². The van der Waals surface area contributed by atoms with Crippen LogP contribution in [0.25, 0.3) is 6.08 Å². The number of ether oxygens (including phenoxy) is 4. The third-order valence-corrected chi connectivity index (χ3v) is 4.07. The number of methoxy groups -OCH3 is 3. The zero-order valence-electron chi connectivity index (χ0n) is 14.4. The summed E-state index contributed by atoms with van der Waals surface area (Å²) in [7, 11) is 4.52. The number of cyclic esters (lactones) is 1. The molecule has 0 spiro atoms. The van der Waals surface area contributed by atoms with Crippen molar-refractivity contribution in [2.75, 3.05) is 21.3 Å². The lowest BCUT2D eigenvalue weighted by molar-refractivity contribution is -0.129. The summed E-state index contributed by atoms with van der Waals surface area (Å²) in [6, 6.07) is 10.5. The number of halogens is 1. The molecule has 1 aliphatic rings. The van der Waals surface area contributed by atoms with Crippen molar-refractivity contribution in [3.8, 4) is 17.2 Å². The molecule has 6 nitrogen and oxygen atoms in total. The third-order valence-electron chi connectivity index (χ3n) is 3.73. The number of rotatable bonds is 5. The van der Waals surface area contributed by atoms with Crippen LogP contribution in [0.1, 0.15) is 11.1 Å². The van der Waals surface area contributed by atoms with Crippen LogP contribution in [0.5, 0.6) is 17.2 Å². The van der Waals surface area contributed by atoms with Gasteiger partial charge in [-0.25, -0.2) is 9.79 Å². The van der Waals surface area contributed by atoms with Gasteiger partial charge in [-0.1, -0.05) is 29.8 Å². The molecule has 2 aromatic carbocycles. The number of esters is 1. The van der Waals surface area contributed by atoms with E-state index in [-0.39, 0.29) is 11.6 Å². The van der Waals surface area contributed by atoms with Gasteiger partial charge in [0.2, 0.25) is 11.6 Å². The van der Waals surface area contributed by atoms with Crippen LogP contribution >= 0.6 is 11.6 Å². The number of carbonyl (C=O) groups excluding carboxylic acids is 1. The highest BCUT2D eigenvalue weighted by Crippen LogP contribution is 2.39. The molecule has 1 heterocycles. The molecule has 0 bridgehead atoms. The molecule has 0 saturated carbocycles. The van der Waals surface area contributed by atoms with Gasteiger partial charge in [0, 0.05) is 10.6 Å². The maximum Gasteiger partial charge on any atom is 0.363 e. The Bertz CT molecular complexity index is 895. The van der Waals surface area contributed by atoms with Gasteiger partial charge in [0.15, 0.2) is 17.2 Å². The van der Waals surface area contributed by atoms with Crippen molar-refractivity contribution in [2.24, 2.45) is 4.99 Å². The first-order valence-electron chi connectivity index (χ1n) is 7.65. The Morgan fingerprint density at radius 3 is 2.27 bits per heavy atom. The Labute approximate surface area is 155 Å². The van der Waals surface area contributed by atoms with Crippen LogP contribution in [-0.4, -0.2) is 33.2 Å². The van der Waals surface area contributed by atoms with E-state index in [1.165, 1.54) is 21.3 Å². The molecule has 0 fully saturated rings. The topological polar surface area (TPSA) is 66.4 Å². The summed E-state index contributed by atoms with van der Waals surface area (Å²) in [6.45, 7) is 0. The van der Waals surface area contributed by atoms with E-state index in [4.69, 9.17) is 30.5 Å². The van der Waals surface area contributed by atoms with Gasteiger partial charge in [-0.05, 0) is 29.8 Å². The molecule has 134 valence electrons. The first-order chi connectivity index (χ1) is 12.6. The molecular formula is C19H16ClNO5. The molecule has 3 rings (SSSR count). The molecule has 2 aromatic rings. The van der Waals surface area contributed by atoms with Gasteiger partial charge in [-0.15, -0.1) is 0 Å². The molecule has 0 radical (unpaired) electrons. The minimum atomic E-state index is -0.561. The van der Waals surface area contributed by atoms with Crippen molar-refractivity contribution in [1.82, 2.24) is 0 Å². The van der Waals surface area contributed by atoms with E-state index < -0.39 is 5.97 Å². The van der Waals surface area contributed by atoms with E-state index >= 15 is 0 Å². The molecular weight excluding hydrogens is 358 g/mol. The summed E-state index contributed by atoms with van der Waals surface area (Å²) in [5.41, 5.74) is 1.35. The lowest BCUT2D eigenvalue weighted by atomic mass is 10.1. The van der Waals surface area contributed by atoms with Crippen LogP contribution in [0, 0.1) is 0 Å². The Morgan fingerprint density at radius 2 is 1.69 bits per heavy atom. The van der Waals surface area contributed by atoms with Gasteiger partial charge < -0.3 is 18.9 Å². The van der Waals surface area contributed by atoms with Crippen molar-refractivity contribution < 1.29 is 23.7 Å². The van der Waals surface area contributed by atoms with E-state index in [1.54, 1.807) is 30.3 Å². The average molecular weight is 374 g/mol. The summed E-state index contributed by atoms with van der Waals surface area (Å²) in [6.07, 6.45) is 1.58. The van der Waals surface area contributed by atoms with E-state index in [1.807, 2.05) is 12.1 Å². The summed E-state index contributed by atoms with van der Waals surface area (Å²) < 4.78 is 21.2. The molecule has 0 aromatic heterocycles. The highest BCUT2D eigenvalue weighted by molar-refractivity contribution is 6.32. The van der Waals surface area contributed by atoms with Gasteiger partial charge in [-0.3, -0.25) is 0 Å². The second-order valence-electron chi connectivity index (χ2n) is 5.27. The highest BCUT2D eigenvalue weighted by atomic mass is 35.5. The van der Waals surface area contributed by atoms with E-state index in [9.17, 15) is 4.79 Å². The fourth-order valence-electron chi connectivity index (χ4n) is 2.48. The number of benzene rings is 2. The first kappa shape index (κ1) is 17.8. The highest BCUT2D eigenvalue weighted by Gasteiger charge is 2.26. The fraction of sp³-hybridized carbons (Fsp3) is 0.158. The first-order valence-corrected chi connectivity index (χ1v) is 8.02. The SMILES string of the molecule is COc1cc(C2=N/C(=C/c3ccccc3Cl)C(=O)O2)cc(OC)c1OC. The van der Waals surface area contributed by atoms with Crippen molar-refractivity contribution in [2.45, 2.75) is 0 Å². The van der Waals surface area contributed by atoms with Crippen molar-refractivity contribution in [1.29, 1.82) is 0 Å². The molecule has 0 atom stereocenters. The molecule has 0 aliphatic carbocycles. The predicted octanol–water partition coefficient (Wildman–Crippen LogP) is 3.71. The van der Waals surface area contributed by atoms with Crippen molar-refractivity contribution in [3.63, 3.8) is 0 Å². The van der Waals surface area contributed by atoms with Gasteiger partial charge in [0.1, 0.15) is 0 Å². The Morgan fingerprint density at radius 1 is 1.04 bits per heavy atom. The minimum Gasteiger partial charge on any atom is -0.493 e. The number of nitrogens with zero attached hydrogens (tertiary/aromatic N) is 1. The van der Waals surface area contributed by atoms with Gasteiger partial charge in [0.05, 0.1) is 21.3 Å². The maximum atomic E-state index is 12.2. The van der Waals surface area contributed by atoms with Crippen molar-refractivity contribution >= 4 is 29.5 Å². The minimum absolute atomic E-state index is 0.146. The van der Waals surface area contributed by atoms with Gasteiger partial charge in [-0.2, -0.15) is 0 Å². The van der Waals surface area contributed by atoms with Crippen LogP contribution in [0.15, 0.2) is 47.1 Å². The fourth-order valence-corrected chi connectivity index (χ4v) is 2.67. The summed E-state index contributed by atoms with van der Waals surface area (Å²) in [5, 5.41) is 0.518. The van der Waals surface area contributed by atoms with Crippen LogP contribution < -0.4 is 14.2 Å². The molecule has 0 N–H and O–H groups in total. The molecule has 0 amide bonds. The second kappa shape index (κ2) is 7.49.